The van der Waals surface area contributed by atoms with Crippen LogP contribution in [0.25, 0.3) is 0 Å². The number of rotatable bonds is 7. The Hall–Kier alpha value is -0.980. The number of primary amides is 1. The molecule has 0 saturated heterocycles. The number of carbonyl (C=O) groups is 1. The Morgan fingerprint density at radius 1 is 1.75 bits per heavy atom. The molecule has 0 radical (unpaired) electrons. The highest BCUT2D eigenvalue weighted by atomic mass is 32.1. The van der Waals surface area contributed by atoms with E-state index in [0.29, 0.717) is 6.54 Å². The molecule has 1 heterocycles. The number of amides is 1. The van der Waals surface area contributed by atoms with E-state index in [0.717, 1.165) is 17.1 Å². The van der Waals surface area contributed by atoms with E-state index in [4.69, 9.17) is 10.5 Å². The first-order valence-corrected chi connectivity index (χ1v) is 6.00. The molecule has 1 unspecified atom stereocenters. The lowest BCUT2D eigenvalue weighted by Crippen LogP contribution is -2.44. The van der Waals surface area contributed by atoms with Crippen molar-refractivity contribution in [3.05, 3.63) is 16.1 Å². The fraction of sp³-hybridized carbons (Fsp3) is 0.600. The summed E-state index contributed by atoms with van der Waals surface area (Å²) >= 11 is 1.62. The average Bonchev–Trinajstić information content (AvgIpc) is 2.71. The molecular weight excluding hydrogens is 226 g/mol. The Morgan fingerprint density at radius 2 is 2.50 bits per heavy atom. The molecule has 0 aromatic carbocycles. The van der Waals surface area contributed by atoms with Crippen molar-refractivity contribution in [3.8, 4) is 0 Å². The molecule has 90 valence electrons. The second-order valence-electron chi connectivity index (χ2n) is 3.38. The summed E-state index contributed by atoms with van der Waals surface area (Å²) < 4.78 is 4.90. The first-order chi connectivity index (χ1) is 7.67. The van der Waals surface area contributed by atoms with E-state index in [2.05, 4.69) is 17.2 Å². The lowest BCUT2D eigenvalue weighted by Gasteiger charge is -2.13. The summed E-state index contributed by atoms with van der Waals surface area (Å²) in [5, 5.41) is 6.10. The minimum atomic E-state index is -0.461. The summed E-state index contributed by atoms with van der Waals surface area (Å²) in [6.45, 7) is 2.88. The molecule has 0 aliphatic heterocycles. The molecule has 5 nitrogen and oxygen atoms in total. The van der Waals surface area contributed by atoms with Gasteiger partial charge in [0.15, 0.2) is 0 Å². The number of aromatic nitrogens is 1. The highest BCUT2D eigenvalue weighted by Gasteiger charge is 2.14. The molecule has 1 aromatic heterocycles. The maximum Gasteiger partial charge on any atom is 0.236 e. The van der Waals surface area contributed by atoms with Gasteiger partial charge in [-0.25, -0.2) is 4.98 Å². The molecule has 0 bridgehead atoms. The summed E-state index contributed by atoms with van der Waals surface area (Å²) in [7, 11) is 1.54. The quantitative estimate of drug-likeness (QED) is 0.722. The molecular formula is C10H17N3O2S. The smallest absolute Gasteiger partial charge is 0.236 e. The molecule has 0 fully saturated rings. The summed E-state index contributed by atoms with van der Waals surface area (Å²) in [5.41, 5.74) is 6.15. The number of nitrogens with one attached hydrogen (secondary N) is 1. The van der Waals surface area contributed by atoms with Crippen molar-refractivity contribution < 1.29 is 9.53 Å². The summed E-state index contributed by atoms with van der Waals surface area (Å²) in [6.07, 6.45) is 0.933. The Bertz CT molecular complexity index is 341. The molecule has 0 saturated carbocycles. The van der Waals surface area contributed by atoms with E-state index in [1.54, 1.807) is 11.3 Å². The Labute approximate surface area is 99.0 Å². The number of nitrogens with two attached hydrogens (primary N) is 1. The third kappa shape index (κ3) is 3.88. The van der Waals surface area contributed by atoms with Gasteiger partial charge in [-0.15, -0.1) is 11.3 Å². The number of hydrogen-bond acceptors (Lipinski definition) is 5. The standard InChI is InChI=1S/C10H17N3O2S/c1-3-9-13-7(6-16-9)4-12-8(5-15-2)10(11)14/h6,8,12H,3-5H2,1-2H3,(H2,11,14). The normalized spacial score (nSPS) is 12.6. The molecule has 1 atom stereocenters. The van der Waals surface area contributed by atoms with Crippen LogP contribution < -0.4 is 11.1 Å². The molecule has 1 rings (SSSR count). The first kappa shape index (κ1) is 13.1. The summed E-state index contributed by atoms with van der Waals surface area (Å²) in [6, 6.07) is -0.461. The third-order valence-corrected chi connectivity index (χ3v) is 3.15. The van der Waals surface area contributed by atoms with E-state index < -0.39 is 11.9 Å². The Balaban J connectivity index is 2.45. The van der Waals surface area contributed by atoms with Gasteiger partial charge in [0.2, 0.25) is 5.91 Å². The zero-order valence-electron chi connectivity index (χ0n) is 9.53. The van der Waals surface area contributed by atoms with E-state index >= 15 is 0 Å². The van der Waals surface area contributed by atoms with Crippen LogP contribution >= 0.6 is 11.3 Å². The van der Waals surface area contributed by atoms with Gasteiger partial charge >= 0.3 is 0 Å². The second-order valence-corrected chi connectivity index (χ2v) is 4.32. The van der Waals surface area contributed by atoms with E-state index in [9.17, 15) is 4.79 Å². The number of hydrogen-bond donors (Lipinski definition) is 2. The van der Waals surface area contributed by atoms with Crippen molar-refractivity contribution in [2.45, 2.75) is 25.9 Å². The van der Waals surface area contributed by atoms with Gasteiger partial charge in [0, 0.05) is 19.0 Å². The van der Waals surface area contributed by atoms with Crippen LogP contribution in [0.3, 0.4) is 0 Å². The van der Waals surface area contributed by atoms with Gasteiger partial charge in [-0.3, -0.25) is 10.1 Å². The zero-order valence-corrected chi connectivity index (χ0v) is 10.3. The van der Waals surface area contributed by atoms with Crippen molar-refractivity contribution in [3.63, 3.8) is 0 Å². The lowest BCUT2D eigenvalue weighted by molar-refractivity contribution is -0.121. The highest BCUT2D eigenvalue weighted by Crippen LogP contribution is 2.09. The predicted octanol–water partition coefficient (Wildman–Crippen LogP) is 0.295. The highest BCUT2D eigenvalue weighted by molar-refractivity contribution is 7.09. The van der Waals surface area contributed by atoms with Crippen molar-refractivity contribution in [2.24, 2.45) is 5.73 Å². The molecule has 0 aliphatic carbocycles. The van der Waals surface area contributed by atoms with Gasteiger partial charge in [-0.05, 0) is 6.42 Å². The fourth-order valence-electron chi connectivity index (χ4n) is 1.23. The van der Waals surface area contributed by atoms with Gasteiger partial charge in [0.05, 0.1) is 17.3 Å². The fourth-order valence-corrected chi connectivity index (χ4v) is 1.97. The van der Waals surface area contributed by atoms with Crippen LogP contribution in [0.1, 0.15) is 17.6 Å². The first-order valence-electron chi connectivity index (χ1n) is 5.12. The summed E-state index contributed by atoms with van der Waals surface area (Å²) in [5.74, 6) is -0.409. The van der Waals surface area contributed by atoms with Crippen LogP contribution in [0.5, 0.6) is 0 Å². The van der Waals surface area contributed by atoms with Crippen molar-refractivity contribution in [1.82, 2.24) is 10.3 Å². The maximum atomic E-state index is 11.0. The number of aryl methyl sites for hydroxylation is 1. The lowest BCUT2D eigenvalue weighted by atomic mass is 10.3. The average molecular weight is 243 g/mol. The summed E-state index contributed by atoms with van der Waals surface area (Å²) in [4.78, 5) is 15.4. The van der Waals surface area contributed by atoms with Crippen LogP contribution in [-0.2, 0) is 22.5 Å². The van der Waals surface area contributed by atoms with Crippen molar-refractivity contribution in [2.75, 3.05) is 13.7 Å². The topological polar surface area (TPSA) is 77.2 Å². The molecule has 6 heteroatoms. The van der Waals surface area contributed by atoms with Crippen molar-refractivity contribution >= 4 is 17.2 Å². The number of carbonyl (C=O) groups excluding carboxylic acids is 1. The largest absolute Gasteiger partial charge is 0.383 e. The van der Waals surface area contributed by atoms with Crippen LogP contribution in [-0.4, -0.2) is 30.6 Å². The van der Waals surface area contributed by atoms with Crippen LogP contribution in [0.2, 0.25) is 0 Å². The van der Waals surface area contributed by atoms with Gasteiger partial charge in [-0.1, -0.05) is 6.92 Å². The van der Waals surface area contributed by atoms with Crippen LogP contribution in [0.4, 0.5) is 0 Å². The van der Waals surface area contributed by atoms with Gasteiger partial charge in [0.1, 0.15) is 6.04 Å². The molecule has 16 heavy (non-hydrogen) atoms. The third-order valence-electron chi connectivity index (χ3n) is 2.11. The SMILES string of the molecule is CCc1nc(CNC(COC)C(N)=O)cs1. The maximum absolute atomic E-state index is 11.0. The number of nitrogens with zero attached hydrogens (tertiary/aromatic N) is 1. The van der Waals surface area contributed by atoms with E-state index in [1.807, 2.05) is 5.38 Å². The van der Waals surface area contributed by atoms with Gasteiger partial charge in [0.25, 0.3) is 0 Å². The zero-order chi connectivity index (χ0) is 12.0. The predicted molar refractivity (Wildman–Crippen MR) is 63.2 cm³/mol. The van der Waals surface area contributed by atoms with Gasteiger partial charge < -0.3 is 10.5 Å². The minimum Gasteiger partial charge on any atom is -0.383 e. The van der Waals surface area contributed by atoms with Crippen LogP contribution in [0.15, 0.2) is 5.38 Å². The Morgan fingerprint density at radius 3 is 3.00 bits per heavy atom. The number of thiazole rings is 1. The van der Waals surface area contributed by atoms with E-state index in [1.165, 1.54) is 7.11 Å². The molecule has 0 aliphatic rings. The molecule has 3 N–H and O–H groups in total. The van der Waals surface area contributed by atoms with E-state index in [-0.39, 0.29) is 6.61 Å². The molecule has 1 aromatic rings. The molecule has 0 spiro atoms. The minimum absolute atomic E-state index is 0.278. The number of methoxy groups -OCH3 is 1. The van der Waals surface area contributed by atoms with Gasteiger partial charge in [-0.2, -0.15) is 0 Å². The van der Waals surface area contributed by atoms with Crippen LogP contribution in [0, 0.1) is 0 Å². The van der Waals surface area contributed by atoms with Crippen molar-refractivity contribution in [1.29, 1.82) is 0 Å². The molecule has 1 amide bonds. The Kier molecular flexibility index (Phi) is 5.37. The number of ether oxygens (including phenoxy) is 1. The monoisotopic (exact) mass is 243 g/mol. The second kappa shape index (κ2) is 6.57.